The first kappa shape index (κ1) is 17.5. The summed E-state index contributed by atoms with van der Waals surface area (Å²) in [5.41, 5.74) is 1.03. The Labute approximate surface area is 143 Å². The average molecular weight is 343 g/mol. The first-order chi connectivity index (χ1) is 10.2. The minimum absolute atomic E-state index is 0. The molecule has 3 rings (SSSR count). The Hall–Kier alpha value is -0.880. The first-order valence-electron chi connectivity index (χ1n) is 7.55. The number of para-hydroxylation sites is 1. The molecule has 0 aliphatic carbocycles. The number of halogens is 1. The zero-order valence-electron chi connectivity index (χ0n) is 12.9. The maximum atomic E-state index is 6.20. The molecule has 0 saturated carbocycles. The van der Waals surface area contributed by atoms with Crippen molar-refractivity contribution in [1.82, 2.24) is 9.80 Å². The van der Waals surface area contributed by atoms with Gasteiger partial charge in [-0.3, -0.25) is 4.90 Å². The van der Waals surface area contributed by atoms with Crippen LogP contribution in [0.2, 0.25) is 0 Å². The Morgan fingerprint density at radius 1 is 1.23 bits per heavy atom. The number of nitrogens with zero attached hydrogens (tertiary/aromatic N) is 2. The SMILES string of the molecule is CN1CC(CCN2CCOCC2)Oc2ccccc2C1=S.Cl. The van der Waals surface area contributed by atoms with E-state index in [9.17, 15) is 0 Å². The fourth-order valence-electron chi connectivity index (χ4n) is 2.86. The number of hydrogen-bond donors (Lipinski definition) is 0. The summed E-state index contributed by atoms with van der Waals surface area (Å²) >= 11 is 5.55. The van der Waals surface area contributed by atoms with Crippen molar-refractivity contribution in [2.75, 3.05) is 46.4 Å². The summed E-state index contributed by atoms with van der Waals surface area (Å²) in [4.78, 5) is 5.45. The molecule has 0 bridgehead atoms. The highest BCUT2D eigenvalue weighted by molar-refractivity contribution is 7.80. The molecule has 0 aromatic heterocycles. The van der Waals surface area contributed by atoms with E-state index in [0.29, 0.717) is 0 Å². The second-order valence-electron chi connectivity index (χ2n) is 5.66. The van der Waals surface area contributed by atoms with E-state index in [1.807, 2.05) is 24.3 Å². The van der Waals surface area contributed by atoms with Gasteiger partial charge in [-0.15, -0.1) is 12.4 Å². The van der Waals surface area contributed by atoms with Gasteiger partial charge in [-0.05, 0) is 18.6 Å². The topological polar surface area (TPSA) is 24.9 Å². The van der Waals surface area contributed by atoms with Crippen LogP contribution in [0.15, 0.2) is 24.3 Å². The number of benzene rings is 1. The van der Waals surface area contributed by atoms with Crippen LogP contribution in [0, 0.1) is 0 Å². The number of morpholine rings is 1. The van der Waals surface area contributed by atoms with Crippen molar-refractivity contribution >= 4 is 29.6 Å². The van der Waals surface area contributed by atoms with E-state index in [4.69, 9.17) is 21.7 Å². The van der Waals surface area contributed by atoms with Crippen LogP contribution < -0.4 is 4.74 Å². The number of hydrogen-bond acceptors (Lipinski definition) is 4. The lowest BCUT2D eigenvalue weighted by Gasteiger charge is -2.29. The van der Waals surface area contributed by atoms with Gasteiger partial charge in [0.2, 0.25) is 0 Å². The number of ether oxygens (including phenoxy) is 2. The van der Waals surface area contributed by atoms with Crippen LogP contribution in [-0.2, 0) is 4.74 Å². The van der Waals surface area contributed by atoms with E-state index >= 15 is 0 Å². The summed E-state index contributed by atoms with van der Waals surface area (Å²) in [6, 6.07) is 8.07. The lowest BCUT2D eigenvalue weighted by atomic mass is 10.2. The molecule has 0 radical (unpaired) electrons. The monoisotopic (exact) mass is 342 g/mol. The Morgan fingerprint density at radius 2 is 1.95 bits per heavy atom. The van der Waals surface area contributed by atoms with E-state index in [2.05, 4.69) is 16.8 Å². The minimum atomic E-state index is 0. The molecule has 1 aromatic carbocycles. The molecule has 2 aliphatic heterocycles. The molecule has 6 heteroatoms. The van der Waals surface area contributed by atoms with Crippen molar-refractivity contribution < 1.29 is 9.47 Å². The lowest BCUT2D eigenvalue weighted by Crippen LogP contribution is -2.40. The quantitative estimate of drug-likeness (QED) is 0.784. The van der Waals surface area contributed by atoms with Gasteiger partial charge >= 0.3 is 0 Å². The molecule has 0 spiro atoms. The molecule has 0 amide bonds. The number of fused-ring (bicyclic) bond motifs is 1. The Balaban J connectivity index is 0.00000176. The number of thiocarbonyl (C=S) groups is 1. The summed E-state index contributed by atoms with van der Waals surface area (Å²) in [6.45, 7) is 5.64. The fraction of sp³-hybridized carbons (Fsp3) is 0.562. The third kappa shape index (κ3) is 4.10. The van der Waals surface area contributed by atoms with Crippen molar-refractivity contribution in [3.63, 3.8) is 0 Å². The van der Waals surface area contributed by atoms with E-state index in [1.54, 1.807) is 0 Å². The molecule has 1 fully saturated rings. The standard InChI is InChI=1S/C16H22N2O2S.ClH/c1-17-12-13(6-7-18-8-10-19-11-9-18)20-15-5-3-2-4-14(15)16(17)21;/h2-5,13H,6-12H2,1H3;1H. The second-order valence-corrected chi connectivity index (χ2v) is 6.05. The van der Waals surface area contributed by atoms with Crippen molar-refractivity contribution in [3.8, 4) is 5.75 Å². The van der Waals surface area contributed by atoms with E-state index < -0.39 is 0 Å². The van der Waals surface area contributed by atoms with Gasteiger partial charge in [0.1, 0.15) is 16.8 Å². The zero-order chi connectivity index (χ0) is 14.7. The van der Waals surface area contributed by atoms with Gasteiger partial charge < -0.3 is 14.4 Å². The maximum Gasteiger partial charge on any atom is 0.130 e. The molecule has 1 aromatic rings. The Bertz CT molecular complexity index is 509. The van der Waals surface area contributed by atoms with Crippen molar-refractivity contribution in [2.45, 2.75) is 12.5 Å². The minimum Gasteiger partial charge on any atom is -0.488 e. The third-order valence-electron chi connectivity index (χ3n) is 4.11. The smallest absolute Gasteiger partial charge is 0.130 e. The molecule has 2 aliphatic rings. The van der Waals surface area contributed by atoms with Crippen LogP contribution in [0.5, 0.6) is 5.75 Å². The largest absolute Gasteiger partial charge is 0.488 e. The Kier molecular flexibility index (Phi) is 6.44. The van der Waals surface area contributed by atoms with Gasteiger partial charge in [-0.2, -0.15) is 0 Å². The normalized spacial score (nSPS) is 22.3. The van der Waals surface area contributed by atoms with Crippen LogP contribution in [0.3, 0.4) is 0 Å². The van der Waals surface area contributed by atoms with Crippen molar-refractivity contribution in [2.24, 2.45) is 0 Å². The predicted molar refractivity (Wildman–Crippen MR) is 94.3 cm³/mol. The molecule has 4 nitrogen and oxygen atoms in total. The Morgan fingerprint density at radius 3 is 2.73 bits per heavy atom. The van der Waals surface area contributed by atoms with Crippen LogP contribution in [0.25, 0.3) is 0 Å². The van der Waals surface area contributed by atoms with Crippen molar-refractivity contribution in [1.29, 1.82) is 0 Å². The van der Waals surface area contributed by atoms with E-state index in [-0.39, 0.29) is 18.5 Å². The van der Waals surface area contributed by atoms with E-state index in [1.165, 1.54) is 0 Å². The third-order valence-corrected chi connectivity index (χ3v) is 4.64. The van der Waals surface area contributed by atoms with Gasteiger partial charge in [0.05, 0.1) is 25.3 Å². The summed E-state index contributed by atoms with van der Waals surface area (Å²) in [7, 11) is 2.05. The summed E-state index contributed by atoms with van der Waals surface area (Å²) < 4.78 is 11.6. The maximum absolute atomic E-state index is 6.20. The van der Waals surface area contributed by atoms with Crippen LogP contribution >= 0.6 is 24.6 Å². The first-order valence-corrected chi connectivity index (χ1v) is 7.96. The highest BCUT2D eigenvalue weighted by Gasteiger charge is 2.24. The highest BCUT2D eigenvalue weighted by atomic mass is 35.5. The molecule has 1 unspecified atom stereocenters. The second kappa shape index (κ2) is 8.11. The molecule has 0 N–H and O–H groups in total. The van der Waals surface area contributed by atoms with E-state index in [0.717, 1.165) is 62.1 Å². The molecule has 1 atom stereocenters. The van der Waals surface area contributed by atoms with Crippen molar-refractivity contribution in [3.05, 3.63) is 29.8 Å². The molecule has 22 heavy (non-hydrogen) atoms. The van der Waals surface area contributed by atoms with Gasteiger partial charge in [0.15, 0.2) is 0 Å². The molecule has 122 valence electrons. The predicted octanol–water partition coefficient (Wildman–Crippen LogP) is 2.20. The number of likely N-dealkylation sites (N-methyl/N-ethyl adjacent to an activating group) is 1. The zero-order valence-corrected chi connectivity index (χ0v) is 14.5. The lowest BCUT2D eigenvalue weighted by molar-refractivity contribution is 0.0312. The van der Waals surface area contributed by atoms with Gasteiger partial charge in [0.25, 0.3) is 0 Å². The number of rotatable bonds is 3. The summed E-state index contributed by atoms with van der Waals surface area (Å²) in [5, 5.41) is 0. The molecule has 1 saturated heterocycles. The van der Waals surface area contributed by atoms with Gasteiger partial charge in [0, 0.05) is 26.7 Å². The van der Waals surface area contributed by atoms with Crippen LogP contribution in [0.4, 0.5) is 0 Å². The van der Waals surface area contributed by atoms with Crippen LogP contribution in [-0.4, -0.2) is 67.3 Å². The summed E-state index contributed by atoms with van der Waals surface area (Å²) in [6.07, 6.45) is 1.20. The molecule has 2 heterocycles. The average Bonchev–Trinajstić information content (AvgIpc) is 2.64. The van der Waals surface area contributed by atoms with Gasteiger partial charge in [-0.25, -0.2) is 0 Å². The highest BCUT2D eigenvalue weighted by Crippen LogP contribution is 2.25. The molecular weight excluding hydrogens is 320 g/mol. The fourth-order valence-corrected chi connectivity index (χ4v) is 3.10. The van der Waals surface area contributed by atoms with Crippen LogP contribution in [0.1, 0.15) is 12.0 Å². The molecular formula is C16H23ClN2O2S. The summed E-state index contributed by atoms with van der Waals surface area (Å²) in [5.74, 6) is 0.916. The van der Waals surface area contributed by atoms with Gasteiger partial charge in [-0.1, -0.05) is 24.4 Å².